The fourth-order valence-corrected chi connectivity index (χ4v) is 2.97. The number of aromatic nitrogens is 2. The third kappa shape index (κ3) is 5.41. The zero-order chi connectivity index (χ0) is 18.4. The average Bonchev–Trinajstić information content (AvgIpc) is 3.03. The van der Waals surface area contributed by atoms with E-state index in [1.165, 1.54) is 13.3 Å². The summed E-state index contributed by atoms with van der Waals surface area (Å²) in [4.78, 5) is 19.1. The highest BCUT2D eigenvalue weighted by Crippen LogP contribution is 2.22. The second kappa shape index (κ2) is 8.28. The Kier molecular flexibility index (Phi) is 6.35. The van der Waals surface area contributed by atoms with Crippen molar-refractivity contribution >= 4 is 31.0 Å². The molecule has 0 spiro atoms. The first-order chi connectivity index (χ1) is 11.8. The Morgan fingerprint density at radius 3 is 2.88 bits per heavy atom. The van der Waals surface area contributed by atoms with Gasteiger partial charge in [0.1, 0.15) is 6.73 Å². The van der Waals surface area contributed by atoms with Crippen molar-refractivity contribution in [2.45, 2.75) is 25.7 Å². The zero-order valence-electron chi connectivity index (χ0n) is 15.1. The molecule has 0 aliphatic rings. The first-order valence-electron chi connectivity index (χ1n) is 8.07. The number of H-pyrrole nitrogens is 1. The molecule has 0 radical (unpaired) electrons. The lowest BCUT2D eigenvalue weighted by atomic mass is 10.1. The number of carbonyl (C=O) groups excluding carboxylic acids is 1. The van der Waals surface area contributed by atoms with Gasteiger partial charge in [-0.1, -0.05) is 19.6 Å². The summed E-state index contributed by atoms with van der Waals surface area (Å²) in [7, 11) is 0.155. The third-order valence-corrected chi connectivity index (χ3v) is 5.36. The van der Waals surface area contributed by atoms with Crippen LogP contribution in [0.15, 0.2) is 24.7 Å². The number of hydrogen-bond acceptors (Lipinski definition) is 6. The molecule has 7 nitrogen and oxygen atoms in total. The molecule has 0 saturated carbocycles. The van der Waals surface area contributed by atoms with Gasteiger partial charge in [-0.3, -0.25) is 5.21 Å². The second-order valence-electron chi connectivity index (χ2n) is 6.92. The van der Waals surface area contributed by atoms with Crippen LogP contribution in [0.25, 0.3) is 17.0 Å². The van der Waals surface area contributed by atoms with Crippen LogP contribution < -0.4 is 0 Å². The molecule has 25 heavy (non-hydrogen) atoms. The Bertz CT molecular complexity index is 752. The van der Waals surface area contributed by atoms with Crippen LogP contribution >= 0.6 is 0 Å². The van der Waals surface area contributed by atoms with Crippen LogP contribution in [0, 0.1) is 0 Å². The zero-order valence-corrected chi connectivity index (χ0v) is 16.1. The summed E-state index contributed by atoms with van der Waals surface area (Å²) in [6.07, 6.45) is 6.41. The first-order valence-corrected chi connectivity index (χ1v) is 11.8. The van der Waals surface area contributed by atoms with Gasteiger partial charge in [0.2, 0.25) is 0 Å². The summed E-state index contributed by atoms with van der Waals surface area (Å²) in [5.41, 5.74) is 1.56. The maximum Gasteiger partial charge on any atom is 0.357 e. The lowest BCUT2D eigenvalue weighted by molar-refractivity contribution is -0.119. The van der Waals surface area contributed by atoms with Crippen molar-refractivity contribution in [2.75, 3.05) is 20.4 Å². The highest BCUT2D eigenvalue weighted by molar-refractivity contribution is 6.76. The molecule has 2 N–H and O–H groups in total. The minimum atomic E-state index is -1.15. The third-order valence-electron chi connectivity index (χ3n) is 3.66. The fourth-order valence-electron chi connectivity index (χ4n) is 2.22. The molecule has 2 heterocycles. The number of carbonyl (C=O) groups is 1. The molecule has 0 unspecified atom stereocenters. The highest BCUT2D eigenvalue weighted by Gasteiger charge is 2.16. The van der Waals surface area contributed by atoms with Crippen molar-refractivity contribution in [3.05, 3.63) is 35.9 Å². The predicted octanol–water partition coefficient (Wildman–Crippen LogP) is 3.32. The van der Waals surface area contributed by atoms with Gasteiger partial charge in [-0.05, 0) is 18.2 Å². The maximum atomic E-state index is 11.9. The summed E-state index contributed by atoms with van der Waals surface area (Å²) >= 11 is 0. The van der Waals surface area contributed by atoms with Gasteiger partial charge < -0.3 is 14.5 Å². The number of fused-ring (bicyclic) bond motifs is 1. The number of nitrogens with zero attached hydrogens (tertiary/aromatic N) is 2. The predicted molar refractivity (Wildman–Crippen MR) is 99.1 cm³/mol. The normalized spacial score (nSPS) is 12.0. The molecule has 2 rings (SSSR count). The SMILES string of the molecule is COC(=O)c1ncc2[nH]ccc2c1/C=C/N(O)COCC[Si](C)(C)C. The first kappa shape index (κ1) is 19.2. The van der Waals surface area contributed by atoms with E-state index < -0.39 is 14.0 Å². The van der Waals surface area contributed by atoms with Gasteiger partial charge in [0.25, 0.3) is 0 Å². The minimum Gasteiger partial charge on any atom is -0.464 e. The molecular formula is C17H25N3O4Si. The molecule has 0 aliphatic carbocycles. The van der Waals surface area contributed by atoms with Crippen molar-refractivity contribution in [2.24, 2.45) is 0 Å². The fraction of sp³-hybridized carbons (Fsp3) is 0.412. The largest absolute Gasteiger partial charge is 0.464 e. The van der Waals surface area contributed by atoms with Crippen LogP contribution in [0.4, 0.5) is 0 Å². The number of methoxy groups -OCH3 is 1. The lowest BCUT2D eigenvalue weighted by Crippen LogP contribution is -2.24. The minimum absolute atomic E-state index is 0.0606. The molecule has 0 aliphatic heterocycles. The number of rotatable bonds is 8. The molecule has 0 bridgehead atoms. The Morgan fingerprint density at radius 1 is 1.44 bits per heavy atom. The number of aromatic amines is 1. The number of hydrogen-bond donors (Lipinski definition) is 2. The van der Waals surface area contributed by atoms with Crippen LogP contribution in [0.5, 0.6) is 0 Å². The van der Waals surface area contributed by atoms with Gasteiger partial charge in [0.15, 0.2) is 5.69 Å². The van der Waals surface area contributed by atoms with E-state index in [0.717, 1.165) is 22.0 Å². The van der Waals surface area contributed by atoms with E-state index in [4.69, 9.17) is 9.47 Å². The molecule has 136 valence electrons. The summed E-state index contributed by atoms with van der Waals surface area (Å²) < 4.78 is 10.3. The second-order valence-corrected chi connectivity index (χ2v) is 12.5. The smallest absolute Gasteiger partial charge is 0.357 e. The van der Waals surface area contributed by atoms with Gasteiger partial charge in [-0.15, -0.1) is 0 Å². The molecule has 2 aromatic rings. The van der Waals surface area contributed by atoms with Gasteiger partial charge in [0, 0.05) is 38.0 Å². The van der Waals surface area contributed by atoms with Crippen molar-refractivity contribution in [3.8, 4) is 0 Å². The summed E-state index contributed by atoms with van der Waals surface area (Å²) in [5, 5.41) is 11.7. The van der Waals surface area contributed by atoms with E-state index in [0.29, 0.717) is 12.2 Å². The van der Waals surface area contributed by atoms with Crippen LogP contribution in [0.2, 0.25) is 25.7 Å². The molecular weight excluding hydrogens is 338 g/mol. The topological polar surface area (TPSA) is 87.7 Å². The lowest BCUT2D eigenvalue weighted by Gasteiger charge is -2.17. The molecule has 0 aromatic carbocycles. The van der Waals surface area contributed by atoms with Gasteiger partial charge in [-0.25, -0.2) is 14.8 Å². The van der Waals surface area contributed by atoms with E-state index in [2.05, 4.69) is 29.6 Å². The summed E-state index contributed by atoms with van der Waals surface area (Å²) in [6, 6.07) is 2.87. The van der Waals surface area contributed by atoms with Crippen molar-refractivity contribution in [1.29, 1.82) is 0 Å². The summed E-state index contributed by atoms with van der Waals surface area (Å²) in [5.74, 6) is -0.529. The molecule has 0 atom stereocenters. The number of nitrogens with one attached hydrogen (secondary N) is 1. The van der Waals surface area contributed by atoms with Crippen molar-refractivity contribution in [1.82, 2.24) is 15.0 Å². The highest BCUT2D eigenvalue weighted by atomic mass is 28.3. The van der Waals surface area contributed by atoms with E-state index >= 15 is 0 Å². The Labute approximate surface area is 148 Å². The number of ether oxygens (including phenoxy) is 2. The molecule has 0 amide bonds. The van der Waals surface area contributed by atoms with Crippen molar-refractivity contribution < 1.29 is 19.5 Å². The standard InChI is InChI=1S/C17H25N3O4Si/c1-23-17(21)16-14(13-5-7-18-15(13)11-19-16)6-8-20(22)12-24-9-10-25(2,3)4/h5-8,11,18,22H,9-10,12H2,1-4H3/b8-6+. The van der Waals surface area contributed by atoms with Crippen LogP contribution in [0.3, 0.4) is 0 Å². The number of esters is 1. The molecule has 8 heteroatoms. The average molecular weight is 363 g/mol. The van der Waals surface area contributed by atoms with Crippen LogP contribution in [-0.4, -0.2) is 54.7 Å². The Hall–Kier alpha value is -2.16. The van der Waals surface area contributed by atoms with Gasteiger partial charge in [-0.2, -0.15) is 0 Å². The maximum absolute atomic E-state index is 11.9. The Morgan fingerprint density at radius 2 is 2.20 bits per heavy atom. The molecule has 2 aromatic heterocycles. The monoisotopic (exact) mass is 363 g/mol. The van der Waals surface area contributed by atoms with Crippen molar-refractivity contribution in [3.63, 3.8) is 0 Å². The van der Waals surface area contributed by atoms with E-state index in [9.17, 15) is 10.0 Å². The number of hydroxylamine groups is 2. The van der Waals surface area contributed by atoms with E-state index in [1.54, 1.807) is 18.5 Å². The molecule has 0 saturated heterocycles. The van der Waals surface area contributed by atoms with Gasteiger partial charge >= 0.3 is 5.97 Å². The van der Waals surface area contributed by atoms with Gasteiger partial charge in [0.05, 0.1) is 18.8 Å². The van der Waals surface area contributed by atoms with Crippen LogP contribution in [0.1, 0.15) is 16.1 Å². The molecule has 0 fully saturated rings. The summed E-state index contributed by atoms with van der Waals surface area (Å²) in [6.45, 7) is 7.48. The quantitative estimate of drug-likeness (QED) is 0.246. The Balaban J connectivity index is 2.08. The van der Waals surface area contributed by atoms with Crippen LogP contribution in [-0.2, 0) is 9.47 Å². The number of pyridine rings is 1. The van der Waals surface area contributed by atoms with E-state index in [1.807, 2.05) is 6.07 Å². The van der Waals surface area contributed by atoms with E-state index in [-0.39, 0.29) is 12.4 Å².